The Hall–Kier alpha value is -1.21. The Bertz CT molecular complexity index is 661. The second-order valence-corrected chi connectivity index (χ2v) is 7.35. The molecule has 0 radical (unpaired) electrons. The molecule has 0 saturated carbocycles. The van der Waals surface area contributed by atoms with E-state index in [1.807, 2.05) is 38.2 Å². The third-order valence-corrected chi connectivity index (χ3v) is 5.34. The molecule has 0 aliphatic rings. The Labute approximate surface area is 123 Å². The van der Waals surface area contributed by atoms with Gasteiger partial charge < -0.3 is 5.32 Å². The lowest BCUT2D eigenvalue weighted by Gasteiger charge is -2.05. The first-order valence-corrected chi connectivity index (χ1v) is 8.65. The van der Waals surface area contributed by atoms with Gasteiger partial charge in [-0.3, -0.25) is 0 Å². The smallest absolute Gasteiger partial charge is 0.241 e. The first kappa shape index (κ1) is 15.2. The first-order valence-electron chi connectivity index (χ1n) is 6.28. The van der Waals surface area contributed by atoms with Gasteiger partial charge in [-0.2, -0.15) is 0 Å². The number of sulfonamides is 1. The molecule has 1 heterocycles. The Morgan fingerprint density at radius 3 is 2.50 bits per heavy atom. The molecule has 6 heteroatoms. The number of thiophene rings is 1. The molecule has 0 saturated heterocycles. The maximum absolute atomic E-state index is 12.2. The van der Waals surface area contributed by atoms with E-state index in [4.69, 9.17) is 0 Å². The molecule has 0 spiro atoms. The minimum atomic E-state index is -3.43. The summed E-state index contributed by atoms with van der Waals surface area (Å²) < 4.78 is 27.0. The number of benzene rings is 1. The maximum atomic E-state index is 12.2. The minimum absolute atomic E-state index is 0.305. The number of hydrogen-bond donors (Lipinski definition) is 2. The monoisotopic (exact) mass is 310 g/mol. The first-order chi connectivity index (χ1) is 9.51. The zero-order valence-corrected chi connectivity index (χ0v) is 13.1. The fourth-order valence-corrected chi connectivity index (χ4v) is 4.04. The van der Waals surface area contributed by atoms with E-state index >= 15 is 0 Å². The van der Waals surface area contributed by atoms with Crippen LogP contribution in [-0.2, 0) is 23.1 Å². The van der Waals surface area contributed by atoms with Gasteiger partial charge in [-0.25, -0.2) is 13.1 Å². The molecule has 20 heavy (non-hydrogen) atoms. The van der Waals surface area contributed by atoms with Crippen LogP contribution in [0.2, 0.25) is 0 Å². The zero-order chi connectivity index (χ0) is 14.6. The quantitative estimate of drug-likeness (QED) is 0.860. The Balaban J connectivity index is 2.04. The van der Waals surface area contributed by atoms with Crippen LogP contribution in [0.5, 0.6) is 0 Å². The van der Waals surface area contributed by atoms with E-state index in [1.165, 1.54) is 11.3 Å². The number of aryl methyl sites for hydroxylation is 1. The van der Waals surface area contributed by atoms with Crippen molar-refractivity contribution in [1.82, 2.24) is 10.0 Å². The van der Waals surface area contributed by atoms with Crippen molar-refractivity contribution in [3.05, 3.63) is 51.7 Å². The van der Waals surface area contributed by atoms with Crippen molar-refractivity contribution in [2.75, 3.05) is 7.05 Å². The maximum Gasteiger partial charge on any atom is 0.241 e. The van der Waals surface area contributed by atoms with Gasteiger partial charge in [0.2, 0.25) is 10.0 Å². The fraction of sp³-hybridized carbons (Fsp3) is 0.286. The molecule has 0 amide bonds. The summed E-state index contributed by atoms with van der Waals surface area (Å²) >= 11 is 1.44. The largest absolute Gasteiger partial charge is 0.315 e. The summed E-state index contributed by atoms with van der Waals surface area (Å²) in [5.74, 6) is 0. The number of rotatable bonds is 6. The SMILES string of the molecule is CNCc1cc(S(=O)(=O)NCc2ccc(C)cc2)cs1. The van der Waals surface area contributed by atoms with Crippen molar-refractivity contribution in [3.8, 4) is 0 Å². The van der Waals surface area contributed by atoms with Crippen LogP contribution in [-0.4, -0.2) is 15.5 Å². The molecule has 2 rings (SSSR count). The van der Waals surface area contributed by atoms with Gasteiger partial charge in [-0.05, 0) is 25.6 Å². The molecule has 1 aromatic carbocycles. The molecule has 0 fully saturated rings. The van der Waals surface area contributed by atoms with Gasteiger partial charge in [-0.15, -0.1) is 11.3 Å². The van der Waals surface area contributed by atoms with Gasteiger partial charge in [0, 0.05) is 23.3 Å². The van der Waals surface area contributed by atoms with Crippen molar-refractivity contribution < 1.29 is 8.42 Å². The molecular formula is C14H18N2O2S2. The highest BCUT2D eigenvalue weighted by Gasteiger charge is 2.15. The lowest BCUT2D eigenvalue weighted by Crippen LogP contribution is -2.22. The van der Waals surface area contributed by atoms with Crippen molar-refractivity contribution >= 4 is 21.4 Å². The van der Waals surface area contributed by atoms with Crippen LogP contribution in [0.3, 0.4) is 0 Å². The highest BCUT2D eigenvalue weighted by Crippen LogP contribution is 2.19. The number of hydrogen-bond acceptors (Lipinski definition) is 4. The molecule has 1 aromatic heterocycles. The predicted octanol–water partition coefficient (Wildman–Crippen LogP) is 2.25. The molecular weight excluding hydrogens is 292 g/mol. The van der Waals surface area contributed by atoms with Gasteiger partial charge in [0.25, 0.3) is 0 Å². The van der Waals surface area contributed by atoms with Gasteiger partial charge in [0.15, 0.2) is 0 Å². The molecule has 0 bridgehead atoms. The van der Waals surface area contributed by atoms with E-state index in [9.17, 15) is 8.42 Å². The molecule has 0 aliphatic carbocycles. The van der Waals surface area contributed by atoms with E-state index in [1.54, 1.807) is 11.4 Å². The minimum Gasteiger partial charge on any atom is -0.315 e. The van der Waals surface area contributed by atoms with Gasteiger partial charge in [0.05, 0.1) is 4.90 Å². The summed E-state index contributed by atoms with van der Waals surface area (Å²) in [6.45, 7) is 2.99. The normalized spacial score (nSPS) is 11.7. The van der Waals surface area contributed by atoms with Gasteiger partial charge in [0.1, 0.15) is 0 Å². The third kappa shape index (κ3) is 3.89. The Morgan fingerprint density at radius 2 is 1.85 bits per heavy atom. The summed E-state index contributed by atoms with van der Waals surface area (Å²) in [5, 5.41) is 4.68. The predicted molar refractivity (Wildman–Crippen MR) is 82.3 cm³/mol. The topological polar surface area (TPSA) is 58.2 Å². The van der Waals surface area contributed by atoms with Gasteiger partial charge in [-0.1, -0.05) is 29.8 Å². The fourth-order valence-electron chi connectivity index (χ4n) is 1.74. The Kier molecular flexibility index (Phi) is 4.93. The molecule has 0 unspecified atom stereocenters. The van der Waals surface area contributed by atoms with Crippen LogP contribution in [0.1, 0.15) is 16.0 Å². The van der Waals surface area contributed by atoms with E-state index in [2.05, 4.69) is 10.0 Å². The van der Waals surface area contributed by atoms with Crippen LogP contribution >= 0.6 is 11.3 Å². The van der Waals surface area contributed by atoms with Crippen molar-refractivity contribution in [2.24, 2.45) is 0 Å². The van der Waals surface area contributed by atoms with Crippen LogP contribution < -0.4 is 10.0 Å². The zero-order valence-electron chi connectivity index (χ0n) is 11.5. The summed E-state index contributed by atoms with van der Waals surface area (Å²) in [4.78, 5) is 1.34. The molecule has 2 aromatic rings. The standard InChI is InChI=1S/C14H18N2O2S2/c1-11-3-5-12(6-4-11)8-16-20(17,18)14-7-13(9-15-2)19-10-14/h3-7,10,15-16H,8-9H2,1-2H3. The van der Waals surface area contributed by atoms with Crippen LogP contribution in [0.15, 0.2) is 40.6 Å². The van der Waals surface area contributed by atoms with Crippen LogP contribution in [0, 0.1) is 6.92 Å². The van der Waals surface area contributed by atoms with E-state index in [0.717, 1.165) is 16.0 Å². The average Bonchev–Trinajstić information content (AvgIpc) is 2.88. The van der Waals surface area contributed by atoms with E-state index in [0.29, 0.717) is 18.0 Å². The molecule has 4 nitrogen and oxygen atoms in total. The van der Waals surface area contributed by atoms with E-state index < -0.39 is 10.0 Å². The van der Waals surface area contributed by atoms with Crippen LogP contribution in [0.4, 0.5) is 0 Å². The third-order valence-electron chi connectivity index (χ3n) is 2.88. The van der Waals surface area contributed by atoms with Crippen molar-refractivity contribution in [1.29, 1.82) is 0 Å². The molecule has 0 atom stereocenters. The van der Waals surface area contributed by atoms with Crippen molar-refractivity contribution in [3.63, 3.8) is 0 Å². The lowest BCUT2D eigenvalue weighted by atomic mass is 10.2. The highest BCUT2D eigenvalue weighted by atomic mass is 32.2. The summed E-state index contributed by atoms with van der Waals surface area (Å²) in [6.07, 6.45) is 0. The van der Waals surface area contributed by atoms with Gasteiger partial charge >= 0.3 is 0 Å². The molecule has 0 aliphatic heterocycles. The summed E-state index contributed by atoms with van der Waals surface area (Å²) in [6, 6.07) is 9.51. The van der Waals surface area contributed by atoms with Crippen LogP contribution in [0.25, 0.3) is 0 Å². The second-order valence-electron chi connectivity index (χ2n) is 4.59. The summed E-state index contributed by atoms with van der Waals surface area (Å²) in [7, 11) is -1.60. The van der Waals surface area contributed by atoms with Crippen molar-refractivity contribution in [2.45, 2.75) is 24.9 Å². The highest BCUT2D eigenvalue weighted by molar-refractivity contribution is 7.89. The molecule has 2 N–H and O–H groups in total. The number of nitrogens with one attached hydrogen (secondary N) is 2. The molecule has 108 valence electrons. The Morgan fingerprint density at radius 1 is 1.15 bits per heavy atom. The second kappa shape index (κ2) is 6.49. The lowest BCUT2D eigenvalue weighted by molar-refractivity contribution is 0.581. The van der Waals surface area contributed by atoms with E-state index in [-0.39, 0.29) is 0 Å². The summed E-state index contributed by atoms with van der Waals surface area (Å²) in [5.41, 5.74) is 2.11. The average molecular weight is 310 g/mol.